The predicted octanol–water partition coefficient (Wildman–Crippen LogP) is 2.93. The summed E-state index contributed by atoms with van der Waals surface area (Å²) in [4.78, 5) is 16.4. The summed E-state index contributed by atoms with van der Waals surface area (Å²) >= 11 is 5.81. The van der Waals surface area contributed by atoms with E-state index in [1.807, 2.05) is 18.2 Å². The van der Waals surface area contributed by atoms with Gasteiger partial charge in [-0.25, -0.2) is 4.98 Å². The third-order valence-electron chi connectivity index (χ3n) is 2.85. The Labute approximate surface area is 120 Å². The maximum absolute atomic E-state index is 12.2. The maximum atomic E-state index is 12.2. The first-order chi connectivity index (χ1) is 9.74. The molecule has 20 heavy (non-hydrogen) atoms. The third kappa shape index (κ3) is 2.46. The van der Waals surface area contributed by atoms with E-state index in [1.165, 1.54) is 11.0 Å². The molecule has 2 aromatic carbocycles. The Bertz CT molecular complexity index is 838. The van der Waals surface area contributed by atoms with E-state index in [1.54, 1.807) is 36.5 Å². The SMILES string of the molecule is O=c1c2ccccc2ncn1/N=C\c1ccc(Cl)cc1. The van der Waals surface area contributed by atoms with Crippen molar-refractivity contribution in [2.75, 3.05) is 0 Å². The van der Waals surface area contributed by atoms with Crippen LogP contribution in [0.1, 0.15) is 5.56 Å². The zero-order valence-corrected chi connectivity index (χ0v) is 11.2. The minimum Gasteiger partial charge on any atom is -0.267 e. The molecular weight excluding hydrogens is 274 g/mol. The van der Waals surface area contributed by atoms with Crippen LogP contribution in [0.4, 0.5) is 0 Å². The molecule has 0 N–H and O–H groups in total. The van der Waals surface area contributed by atoms with E-state index in [0.717, 1.165) is 5.56 Å². The van der Waals surface area contributed by atoms with Crippen LogP contribution in [0.2, 0.25) is 5.02 Å². The van der Waals surface area contributed by atoms with Crippen molar-refractivity contribution in [2.45, 2.75) is 0 Å². The van der Waals surface area contributed by atoms with Gasteiger partial charge in [-0.05, 0) is 29.8 Å². The summed E-state index contributed by atoms with van der Waals surface area (Å²) < 4.78 is 1.22. The van der Waals surface area contributed by atoms with Crippen LogP contribution in [0.25, 0.3) is 10.9 Å². The highest BCUT2D eigenvalue weighted by Crippen LogP contribution is 2.08. The van der Waals surface area contributed by atoms with Gasteiger partial charge in [0.25, 0.3) is 5.56 Å². The molecule has 0 fully saturated rings. The minimum absolute atomic E-state index is 0.194. The van der Waals surface area contributed by atoms with Crippen LogP contribution in [-0.2, 0) is 0 Å². The Morgan fingerprint density at radius 3 is 2.65 bits per heavy atom. The molecule has 98 valence electrons. The van der Waals surface area contributed by atoms with Gasteiger partial charge in [0.15, 0.2) is 0 Å². The zero-order chi connectivity index (χ0) is 13.9. The summed E-state index contributed by atoms with van der Waals surface area (Å²) in [5, 5.41) is 5.33. The number of rotatable bonds is 2. The fourth-order valence-corrected chi connectivity index (χ4v) is 1.95. The number of hydrogen-bond donors (Lipinski definition) is 0. The molecular formula is C15H10ClN3O. The lowest BCUT2D eigenvalue weighted by Gasteiger charge is -2.00. The lowest BCUT2D eigenvalue weighted by molar-refractivity contribution is 0.817. The van der Waals surface area contributed by atoms with Gasteiger partial charge in [0, 0.05) is 5.02 Å². The largest absolute Gasteiger partial charge is 0.281 e. The number of hydrogen-bond acceptors (Lipinski definition) is 3. The molecule has 0 aliphatic heterocycles. The van der Waals surface area contributed by atoms with Crippen molar-refractivity contribution in [2.24, 2.45) is 5.10 Å². The van der Waals surface area contributed by atoms with Gasteiger partial charge in [0.2, 0.25) is 0 Å². The molecule has 3 aromatic rings. The molecule has 0 radical (unpaired) electrons. The Morgan fingerprint density at radius 2 is 1.85 bits per heavy atom. The van der Waals surface area contributed by atoms with Gasteiger partial charge in [-0.1, -0.05) is 35.9 Å². The van der Waals surface area contributed by atoms with E-state index in [-0.39, 0.29) is 5.56 Å². The first-order valence-corrected chi connectivity index (χ1v) is 6.38. The number of aromatic nitrogens is 2. The quantitative estimate of drug-likeness (QED) is 0.679. The number of benzene rings is 2. The summed E-state index contributed by atoms with van der Waals surface area (Å²) in [7, 11) is 0. The first kappa shape index (κ1) is 12.6. The minimum atomic E-state index is -0.194. The van der Waals surface area contributed by atoms with Crippen molar-refractivity contribution in [3.63, 3.8) is 0 Å². The molecule has 0 aliphatic carbocycles. The van der Waals surface area contributed by atoms with Crippen LogP contribution in [0, 0.1) is 0 Å². The second-order valence-corrected chi connectivity index (χ2v) is 4.64. The number of nitrogens with zero attached hydrogens (tertiary/aromatic N) is 3. The van der Waals surface area contributed by atoms with E-state index >= 15 is 0 Å². The van der Waals surface area contributed by atoms with Crippen molar-refractivity contribution in [3.8, 4) is 0 Å². The lowest BCUT2D eigenvalue weighted by Crippen LogP contribution is -2.16. The fraction of sp³-hybridized carbons (Fsp3) is 0. The number of halogens is 1. The molecule has 3 rings (SSSR count). The van der Waals surface area contributed by atoms with Crippen LogP contribution in [-0.4, -0.2) is 15.9 Å². The second kappa shape index (κ2) is 5.27. The molecule has 0 unspecified atom stereocenters. The van der Waals surface area contributed by atoms with Crippen molar-refractivity contribution in [1.82, 2.24) is 9.66 Å². The van der Waals surface area contributed by atoms with E-state index < -0.39 is 0 Å². The van der Waals surface area contributed by atoms with Crippen molar-refractivity contribution in [1.29, 1.82) is 0 Å². The highest BCUT2D eigenvalue weighted by molar-refractivity contribution is 6.30. The summed E-state index contributed by atoms with van der Waals surface area (Å²) in [6.07, 6.45) is 3.01. The number of fused-ring (bicyclic) bond motifs is 1. The molecule has 0 atom stereocenters. The smallest absolute Gasteiger partial charge is 0.267 e. The van der Waals surface area contributed by atoms with Gasteiger partial charge < -0.3 is 0 Å². The monoisotopic (exact) mass is 283 g/mol. The van der Waals surface area contributed by atoms with Gasteiger partial charge in [-0.15, -0.1) is 0 Å². The average Bonchev–Trinajstić information content (AvgIpc) is 2.49. The van der Waals surface area contributed by atoms with Crippen molar-refractivity contribution >= 4 is 28.7 Å². The lowest BCUT2D eigenvalue weighted by atomic mass is 10.2. The number of para-hydroxylation sites is 1. The van der Waals surface area contributed by atoms with Crippen LogP contribution in [0.3, 0.4) is 0 Å². The third-order valence-corrected chi connectivity index (χ3v) is 3.10. The highest BCUT2D eigenvalue weighted by atomic mass is 35.5. The Morgan fingerprint density at radius 1 is 1.10 bits per heavy atom. The van der Waals surface area contributed by atoms with Crippen molar-refractivity contribution < 1.29 is 0 Å². The molecule has 0 saturated heterocycles. The molecule has 1 heterocycles. The molecule has 5 heteroatoms. The van der Waals surface area contributed by atoms with E-state index in [2.05, 4.69) is 10.1 Å². The second-order valence-electron chi connectivity index (χ2n) is 4.21. The molecule has 0 aliphatic rings. The zero-order valence-electron chi connectivity index (χ0n) is 10.4. The topological polar surface area (TPSA) is 47.2 Å². The fourth-order valence-electron chi connectivity index (χ4n) is 1.82. The van der Waals surface area contributed by atoms with Crippen LogP contribution < -0.4 is 5.56 Å². The predicted molar refractivity (Wildman–Crippen MR) is 80.4 cm³/mol. The Balaban J connectivity index is 2.01. The van der Waals surface area contributed by atoms with Gasteiger partial charge in [0.1, 0.15) is 6.33 Å². The normalized spacial score (nSPS) is 11.2. The molecule has 4 nitrogen and oxygen atoms in total. The van der Waals surface area contributed by atoms with E-state index in [9.17, 15) is 4.79 Å². The van der Waals surface area contributed by atoms with Crippen LogP contribution in [0.15, 0.2) is 64.8 Å². The molecule has 0 saturated carbocycles. The van der Waals surface area contributed by atoms with Gasteiger partial charge >= 0.3 is 0 Å². The van der Waals surface area contributed by atoms with E-state index in [0.29, 0.717) is 15.9 Å². The van der Waals surface area contributed by atoms with Crippen LogP contribution in [0.5, 0.6) is 0 Å². The van der Waals surface area contributed by atoms with E-state index in [4.69, 9.17) is 11.6 Å². The van der Waals surface area contributed by atoms with Gasteiger partial charge in [-0.3, -0.25) is 4.79 Å². The standard InChI is InChI=1S/C15H10ClN3O/c16-12-7-5-11(6-8-12)9-18-19-10-17-14-4-2-1-3-13(14)15(19)20/h1-10H/b18-9-. The van der Waals surface area contributed by atoms with Gasteiger partial charge in [0.05, 0.1) is 17.1 Å². The summed E-state index contributed by atoms with van der Waals surface area (Å²) in [6.45, 7) is 0. The van der Waals surface area contributed by atoms with Crippen molar-refractivity contribution in [3.05, 3.63) is 75.8 Å². The maximum Gasteiger partial charge on any atom is 0.281 e. The molecule has 0 spiro atoms. The summed E-state index contributed by atoms with van der Waals surface area (Å²) in [5.41, 5.74) is 1.32. The van der Waals surface area contributed by atoms with Gasteiger partial charge in [-0.2, -0.15) is 9.78 Å². The first-order valence-electron chi connectivity index (χ1n) is 6.00. The molecule has 0 bridgehead atoms. The van der Waals surface area contributed by atoms with Crippen LogP contribution >= 0.6 is 11.6 Å². The summed E-state index contributed by atoms with van der Waals surface area (Å²) in [6, 6.07) is 14.4. The summed E-state index contributed by atoms with van der Waals surface area (Å²) in [5.74, 6) is 0. The average molecular weight is 284 g/mol. The molecule has 1 aromatic heterocycles. The Kier molecular flexibility index (Phi) is 3.31. The highest BCUT2D eigenvalue weighted by Gasteiger charge is 2.01. The Hall–Kier alpha value is -2.46. The molecule has 0 amide bonds.